The Kier molecular flexibility index (Phi) is 5.07. The molecular formula is C14H21N3O3. The lowest BCUT2D eigenvalue weighted by atomic mass is 9.87. The molecule has 1 aromatic rings. The molecule has 0 radical (unpaired) electrons. The van der Waals surface area contributed by atoms with Gasteiger partial charge in [-0.15, -0.1) is 0 Å². The van der Waals surface area contributed by atoms with Crippen LogP contribution in [0.5, 0.6) is 0 Å². The Morgan fingerprint density at radius 3 is 2.35 bits per heavy atom. The molecule has 1 heterocycles. The first-order valence-electron chi connectivity index (χ1n) is 6.42. The highest BCUT2D eigenvalue weighted by Crippen LogP contribution is 2.19. The lowest BCUT2D eigenvalue weighted by Gasteiger charge is -2.28. The molecule has 0 bridgehead atoms. The molecule has 0 aliphatic carbocycles. The van der Waals surface area contributed by atoms with Gasteiger partial charge < -0.3 is 15.7 Å². The van der Waals surface area contributed by atoms with E-state index in [1.807, 2.05) is 6.07 Å². The predicted octanol–water partition coefficient (Wildman–Crippen LogP) is 1.94. The summed E-state index contributed by atoms with van der Waals surface area (Å²) in [5.74, 6) is -1.06. The number of pyridine rings is 1. The highest BCUT2D eigenvalue weighted by atomic mass is 16.4. The summed E-state index contributed by atoms with van der Waals surface area (Å²) >= 11 is 0. The Bertz CT molecular complexity index is 468. The molecule has 0 fully saturated rings. The van der Waals surface area contributed by atoms with Gasteiger partial charge in [-0.05, 0) is 24.5 Å². The van der Waals surface area contributed by atoms with Gasteiger partial charge >= 0.3 is 12.0 Å². The molecule has 0 aromatic carbocycles. The number of carbonyl (C=O) groups is 2. The van der Waals surface area contributed by atoms with Gasteiger partial charge in [0.15, 0.2) is 0 Å². The fourth-order valence-corrected chi connectivity index (χ4v) is 1.72. The molecule has 2 amide bonds. The van der Waals surface area contributed by atoms with Gasteiger partial charge in [0.25, 0.3) is 0 Å². The average molecular weight is 279 g/mol. The largest absolute Gasteiger partial charge is 0.480 e. The van der Waals surface area contributed by atoms with E-state index in [1.165, 1.54) is 0 Å². The number of carbonyl (C=O) groups excluding carboxylic acids is 1. The molecule has 1 rings (SSSR count). The van der Waals surface area contributed by atoms with Crippen LogP contribution < -0.4 is 10.6 Å². The molecule has 0 aliphatic heterocycles. The van der Waals surface area contributed by atoms with Gasteiger partial charge in [0, 0.05) is 6.20 Å². The van der Waals surface area contributed by atoms with Crippen molar-refractivity contribution in [2.24, 2.45) is 5.41 Å². The molecule has 2 atom stereocenters. The van der Waals surface area contributed by atoms with Crippen LogP contribution in [0.25, 0.3) is 0 Å². The third kappa shape index (κ3) is 4.53. The van der Waals surface area contributed by atoms with Gasteiger partial charge in [-0.25, -0.2) is 9.59 Å². The van der Waals surface area contributed by atoms with Crippen LogP contribution in [0.4, 0.5) is 4.79 Å². The van der Waals surface area contributed by atoms with Crippen LogP contribution in [-0.2, 0) is 4.79 Å². The van der Waals surface area contributed by atoms with Gasteiger partial charge in [-0.1, -0.05) is 26.8 Å². The normalized spacial score (nSPS) is 14.2. The van der Waals surface area contributed by atoms with Gasteiger partial charge in [0.1, 0.15) is 6.04 Å². The maximum atomic E-state index is 11.9. The topological polar surface area (TPSA) is 91.3 Å². The summed E-state index contributed by atoms with van der Waals surface area (Å²) in [6.07, 6.45) is 1.64. The number of hydrogen-bond acceptors (Lipinski definition) is 3. The molecule has 1 aromatic heterocycles. The molecule has 3 N–H and O–H groups in total. The second-order valence-corrected chi connectivity index (χ2v) is 5.73. The number of carboxylic acid groups (broad SMARTS) is 1. The molecule has 0 aliphatic rings. The van der Waals surface area contributed by atoms with E-state index in [2.05, 4.69) is 15.6 Å². The van der Waals surface area contributed by atoms with Crippen LogP contribution in [0.1, 0.15) is 39.4 Å². The minimum Gasteiger partial charge on any atom is -0.480 e. The van der Waals surface area contributed by atoms with Crippen molar-refractivity contribution in [2.75, 3.05) is 0 Å². The third-order valence-corrected chi connectivity index (χ3v) is 2.87. The van der Waals surface area contributed by atoms with Crippen molar-refractivity contribution in [3.05, 3.63) is 30.1 Å². The van der Waals surface area contributed by atoms with Gasteiger partial charge in [-0.3, -0.25) is 4.98 Å². The van der Waals surface area contributed by atoms with Crippen molar-refractivity contribution in [2.45, 2.75) is 39.8 Å². The highest BCUT2D eigenvalue weighted by molar-refractivity contribution is 5.83. The molecular weight excluding hydrogens is 258 g/mol. The van der Waals surface area contributed by atoms with Crippen molar-refractivity contribution >= 4 is 12.0 Å². The summed E-state index contributed by atoms with van der Waals surface area (Å²) in [6.45, 7) is 7.06. The number of aromatic nitrogens is 1. The van der Waals surface area contributed by atoms with Crippen LogP contribution >= 0.6 is 0 Å². The number of nitrogens with one attached hydrogen (secondary N) is 2. The standard InChI is InChI=1S/C14H21N3O3/c1-9(10-7-5-6-8-15-10)16-13(20)17-11(12(18)19)14(2,3)4/h5-9,11H,1-4H3,(H,18,19)(H2,16,17,20). The summed E-state index contributed by atoms with van der Waals surface area (Å²) < 4.78 is 0. The molecule has 0 saturated carbocycles. The monoisotopic (exact) mass is 279 g/mol. The van der Waals surface area contributed by atoms with E-state index in [0.29, 0.717) is 5.69 Å². The molecule has 110 valence electrons. The highest BCUT2D eigenvalue weighted by Gasteiger charge is 2.32. The molecule has 2 unspecified atom stereocenters. The second kappa shape index (κ2) is 6.36. The Labute approximate surface area is 118 Å². The lowest BCUT2D eigenvalue weighted by molar-refractivity contribution is -0.141. The van der Waals surface area contributed by atoms with Crippen LogP contribution in [0.3, 0.4) is 0 Å². The van der Waals surface area contributed by atoms with Gasteiger partial charge in [0.05, 0.1) is 11.7 Å². The Hall–Kier alpha value is -2.11. The molecule has 0 spiro atoms. The number of rotatable bonds is 4. The maximum absolute atomic E-state index is 11.9. The first-order valence-corrected chi connectivity index (χ1v) is 6.42. The van der Waals surface area contributed by atoms with E-state index < -0.39 is 23.5 Å². The van der Waals surface area contributed by atoms with E-state index in [4.69, 9.17) is 5.11 Å². The number of nitrogens with zero attached hydrogens (tertiary/aromatic N) is 1. The van der Waals surface area contributed by atoms with E-state index in [1.54, 1.807) is 46.0 Å². The summed E-state index contributed by atoms with van der Waals surface area (Å²) in [5.41, 5.74) is 0.141. The van der Waals surface area contributed by atoms with Crippen LogP contribution in [0.2, 0.25) is 0 Å². The summed E-state index contributed by atoms with van der Waals surface area (Å²) in [7, 11) is 0. The minimum atomic E-state index is -1.06. The van der Waals surface area contributed by atoms with Crippen LogP contribution in [-0.4, -0.2) is 28.1 Å². The average Bonchev–Trinajstić information content (AvgIpc) is 2.35. The summed E-state index contributed by atoms with van der Waals surface area (Å²) in [6, 6.07) is 3.63. The van der Waals surface area contributed by atoms with Crippen molar-refractivity contribution < 1.29 is 14.7 Å². The van der Waals surface area contributed by atoms with Crippen molar-refractivity contribution in [1.29, 1.82) is 0 Å². The number of amides is 2. The first kappa shape index (κ1) is 15.9. The number of carboxylic acids is 1. The lowest BCUT2D eigenvalue weighted by Crippen LogP contribution is -2.52. The quantitative estimate of drug-likeness (QED) is 0.785. The van der Waals surface area contributed by atoms with Crippen molar-refractivity contribution in [1.82, 2.24) is 15.6 Å². The smallest absolute Gasteiger partial charge is 0.326 e. The first-order chi connectivity index (χ1) is 9.21. The van der Waals surface area contributed by atoms with Gasteiger partial charge in [0.2, 0.25) is 0 Å². The zero-order valence-corrected chi connectivity index (χ0v) is 12.2. The minimum absolute atomic E-state index is 0.300. The Morgan fingerprint density at radius 2 is 1.90 bits per heavy atom. The molecule has 0 saturated heterocycles. The zero-order valence-electron chi connectivity index (χ0n) is 12.2. The molecule has 20 heavy (non-hydrogen) atoms. The van der Waals surface area contributed by atoms with E-state index in [0.717, 1.165) is 0 Å². The second-order valence-electron chi connectivity index (χ2n) is 5.73. The third-order valence-electron chi connectivity index (χ3n) is 2.87. The maximum Gasteiger partial charge on any atom is 0.326 e. The fraction of sp³-hybridized carbons (Fsp3) is 0.500. The Balaban J connectivity index is 2.65. The number of aliphatic carboxylic acids is 1. The van der Waals surface area contributed by atoms with Crippen LogP contribution in [0, 0.1) is 5.41 Å². The van der Waals surface area contributed by atoms with E-state index in [9.17, 15) is 9.59 Å². The van der Waals surface area contributed by atoms with Crippen molar-refractivity contribution in [3.8, 4) is 0 Å². The Morgan fingerprint density at radius 1 is 1.25 bits per heavy atom. The van der Waals surface area contributed by atoms with E-state index >= 15 is 0 Å². The molecule has 6 heteroatoms. The molecule has 6 nitrogen and oxygen atoms in total. The van der Waals surface area contributed by atoms with Gasteiger partial charge in [-0.2, -0.15) is 0 Å². The SMILES string of the molecule is CC(NC(=O)NC(C(=O)O)C(C)(C)C)c1ccccn1. The van der Waals surface area contributed by atoms with Crippen LogP contribution in [0.15, 0.2) is 24.4 Å². The number of urea groups is 1. The fourth-order valence-electron chi connectivity index (χ4n) is 1.72. The van der Waals surface area contributed by atoms with Crippen molar-refractivity contribution in [3.63, 3.8) is 0 Å². The van der Waals surface area contributed by atoms with E-state index in [-0.39, 0.29) is 6.04 Å². The number of hydrogen-bond donors (Lipinski definition) is 3. The zero-order chi connectivity index (χ0) is 15.3. The predicted molar refractivity (Wildman–Crippen MR) is 75.2 cm³/mol. The summed E-state index contributed by atoms with van der Waals surface area (Å²) in [4.78, 5) is 27.2. The summed E-state index contributed by atoms with van der Waals surface area (Å²) in [5, 5.41) is 14.3.